The van der Waals surface area contributed by atoms with Crippen LogP contribution in [-0.2, 0) is 14.4 Å². The molecule has 1 N–H and O–H groups in total. The van der Waals surface area contributed by atoms with E-state index in [2.05, 4.69) is 10.1 Å². The van der Waals surface area contributed by atoms with Gasteiger partial charge in [-0.15, -0.1) is 0 Å². The zero-order valence-electron chi connectivity index (χ0n) is 25.4. The summed E-state index contributed by atoms with van der Waals surface area (Å²) in [4.78, 5) is 48.7. The van der Waals surface area contributed by atoms with Crippen molar-refractivity contribution < 1.29 is 24.3 Å². The van der Waals surface area contributed by atoms with E-state index in [1.54, 1.807) is 36.2 Å². The van der Waals surface area contributed by atoms with Gasteiger partial charge in [0.25, 0.3) is 5.91 Å². The van der Waals surface area contributed by atoms with Crippen LogP contribution in [0.15, 0.2) is 41.6 Å². The highest BCUT2D eigenvalue weighted by molar-refractivity contribution is 6.42. The molecule has 45 heavy (non-hydrogen) atoms. The smallest absolute Gasteiger partial charge is 0.304 e. The van der Waals surface area contributed by atoms with Gasteiger partial charge in [0.2, 0.25) is 5.91 Å². The fourth-order valence-electron chi connectivity index (χ4n) is 6.29. The lowest BCUT2D eigenvalue weighted by Crippen LogP contribution is -2.51. The Hall–Kier alpha value is -2.56. The number of aliphatic carboxylic acids is 1. The van der Waals surface area contributed by atoms with Crippen molar-refractivity contribution in [2.45, 2.75) is 50.5 Å². The molecule has 13 heteroatoms. The molecule has 2 fully saturated rings. The van der Waals surface area contributed by atoms with Crippen LogP contribution in [0.2, 0.25) is 20.1 Å². The minimum Gasteiger partial charge on any atom is -0.481 e. The second-order valence-corrected chi connectivity index (χ2v) is 13.3. The summed E-state index contributed by atoms with van der Waals surface area (Å²) in [7, 11) is 3.15. The van der Waals surface area contributed by atoms with Gasteiger partial charge in [0, 0.05) is 60.2 Å². The average Bonchev–Trinajstić information content (AvgIpc) is 2.99. The van der Waals surface area contributed by atoms with Gasteiger partial charge >= 0.3 is 5.97 Å². The summed E-state index contributed by atoms with van der Waals surface area (Å²) < 4.78 is 0. The number of rotatable bonds is 12. The van der Waals surface area contributed by atoms with Gasteiger partial charge in [0.15, 0.2) is 0 Å². The molecule has 2 unspecified atom stereocenters. The Morgan fingerprint density at radius 2 is 1.71 bits per heavy atom. The Kier molecular flexibility index (Phi) is 12.8. The highest BCUT2D eigenvalue weighted by Gasteiger charge is 2.36. The molecule has 0 aromatic heterocycles. The summed E-state index contributed by atoms with van der Waals surface area (Å²) in [6.45, 7) is 3.20. The van der Waals surface area contributed by atoms with Gasteiger partial charge in [-0.25, -0.2) is 0 Å². The second-order valence-electron chi connectivity index (χ2n) is 11.6. The summed E-state index contributed by atoms with van der Waals surface area (Å²) in [5.74, 6) is -1.89. The molecule has 2 aliphatic rings. The molecule has 2 saturated heterocycles. The van der Waals surface area contributed by atoms with E-state index >= 15 is 0 Å². The van der Waals surface area contributed by atoms with Crippen LogP contribution >= 0.6 is 46.4 Å². The van der Waals surface area contributed by atoms with Crippen molar-refractivity contribution >= 4 is 69.9 Å². The van der Waals surface area contributed by atoms with Crippen LogP contribution in [0, 0.1) is 5.92 Å². The molecule has 0 spiro atoms. The molecule has 2 atom stereocenters. The first-order valence-electron chi connectivity index (χ1n) is 15.0. The number of carbonyl (C=O) groups is 3. The molecule has 2 aliphatic heterocycles. The molecule has 2 aromatic rings. The van der Waals surface area contributed by atoms with Crippen molar-refractivity contribution in [3.63, 3.8) is 0 Å². The van der Waals surface area contributed by atoms with Crippen LogP contribution in [0.5, 0.6) is 0 Å². The fourth-order valence-corrected chi connectivity index (χ4v) is 7.12. The summed E-state index contributed by atoms with van der Waals surface area (Å²) in [5, 5.41) is 15.2. The number of hydrogen-bond acceptors (Lipinski definition) is 6. The second kappa shape index (κ2) is 16.3. The van der Waals surface area contributed by atoms with E-state index in [4.69, 9.17) is 51.2 Å². The molecule has 244 valence electrons. The molecule has 2 heterocycles. The van der Waals surface area contributed by atoms with Gasteiger partial charge in [0.05, 0.1) is 28.7 Å². The van der Waals surface area contributed by atoms with Crippen LogP contribution in [0.25, 0.3) is 0 Å². The van der Waals surface area contributed by atoms with Gasteiger partial charge in [0.1, 0.15) is 7.11 Å². The van der Waals surface area contributed by atoms with Crippen molar-refractivity contribution in [2.75, 3.05) is 46.9 Å². The Bertz CT molecular complexity index is 1400. The van der Waals surface area contributed by atoms with Crippen LogP contribution in [0.4, 0.5) is 0 Å². The maximum atomic E-state index is 13.3. The maximum Gasteiger partial charge on any atom is 0.304 e. The lowest BCUT2D eigenvalue weighted by Gasteiger charge is -2.42. The molecule has 2 aromatic carbocycles. The van der Waals surface area contributed by atoms with E-state index in [1.807, 2.05) is 17.0 Å². The zero-order valence-corrected chi connectivity index (χ0v) is 28.4. The number of oxime groups is 1. The van der Waals surface area contributed by atoms with Gasteiger partial charge in [-0.1, -0.05) is 57.6 Å². The first kappa shape index (κ1) is 35.3. The Labute approximate surface area is 284 Å². The maximum absolute atomic E-state index is 13.3. The highest BCUT2D eigenvalue weighted by atomic mass is 35.5. The number of hydrogen-bond donors (Lipinski definition) is 1. The quantitative estimate of drug-likeness (QED) is 0.195. The summed E-state index contributed by atoms with van der Waals surface area (Å²) >= 11 is 25.0. The Balaban J connectivity index is 1.45. The van der Waals surface area contributed by atoms with Crippen molar-refractivity contribution in [1.82, 2.24) is 14.7 Å². The molecule has 0 bridgehead atoms. The van der Waals surface area contributed by atoms with Crippen LogP contribution in [-0.4, -0.2) is 96.2 Å². The van der Waals surface area contributed by atoms with E-state index < -0.39 is 11.9 Å². The Morgan fingerprint density at radius 1 is 1.02 bits per heavy atom. The third kappa shape index (κ3) is 9.48. The number of amides is 2. The molecular formula is C32H38Cl4N4O5. The predicted octanol–water partition coefficient (Wildman–Crippen LogP) is 6.73. The number of benzene rings is 2. The first-order valence-corrected chi connectivity index (χ1v) is 16.5. The van der Waals surface area contributed by atoms with Crippen LogP contribution in [0.1, 0.15) is 60.4 Å². The highest BCUT2D eigenvalue weighted by Crippen LogP contribution is 2.31. The van der Waals surface area contributed by atoms with E-state index in [1.165, 1.54) is 7.11 Å². The molecule has 0 aliphatic carbocycles. The normalized spacial score (nSPS) is 19.0. The van der Waals surface area contributed by atoms with Crippen molar-refractivity contribution in [1.29, 1.82) is 0 Å². The summed E-state index contributed by atoms with van der Waals surface area (Å²) in [6, 6.07) is 10.3. The number of carboxylic acids is 1. The van der Waals surface area contributed by atoms with E-state index in [-0.39, 0.29) is 36.7 Å². The monoisotopic (exact) mass is 698 g/mol. The number of piperidine rings is 2. The standard InChI is InChI=1S/C32H38Cl4N4O5/c1-38(31(43)22-14-23(33)18-24(34)15-22)19-29(37-45-2)26(20-5-6-27(35)28(36)16-20)9-13-39-11-7-25(8-12-39)40-10-3-4-21(32(40)44)17-30(41)42/h5-6,14-16,18,21,25-26H,3-4,7-13,17,19H2,1-2H3,(H,41,42)/b37-29+. The molecule has 0 radical (unpaired) electrons. The number of carbonyl (C=O) groups excluding carboxylic acids is 2. The predicted molar refractivity (Wildman–Crippen MR) is 178 cm³/mol. The fraction of sp³-hybridized carbons (Fsp3) is 0.500. The van der Waals surface area contributed by atoms with E-state index in [9.17, 15) is 19.5 Å². The number of likely N-dealkylation sites (tertiary alicyclic amines) is 2. The molecule has 0 saturated carbocycles. The first-order chi connectivity index (χ1) is 21.5. The van der Waals surface area contributed by atoms with Crippen LogP contribution < -0.4 is 0 Å². The minimum atomic E-state index is -0.928. The van der Waals surface area contributed by atoms with Crippen molar-refractivity contribution in [3.8, 4) is 0 Å². The van der Waals surface area contributed by atoms with Crippen molar-refractivity contribution in [3.05, 3.63) is 67.6 Å². The SMILES string of the molecule is CO/N=C(\CN(C)C(=O)c1cc(Cl)cc(Cl)c1)C(CCN1CCC(N2CCCC(CC(=O)O)C2=O)CC1)c1ccc(Cl)c(Cl)c1. The average molecular weight is 700 g/mol. The Morgan fingerprint density at radius 3 is 2.33 bits per heavy atom. The third-order valence-electron chi connectivity index (χ3n) is 8.55. The summed E-state index contributed by atoms with van der Waals surface area (Å²) in [6.07, 6.45) is 3.67. The zero-order chi connectivity index (χ0) is 32.7. The van der Waals surface area contributed by atoms with E-state index in [0.29, 0.717) is 50.8 Å². The number of carboxylic acid groups (broad SMARTS) is 1. The van der Waals surface area contributed by atoms with Crippen LogP contribution in [0.3, 0.4) is 0 Å². The molecule has 9 nitrogen and oxygen atoms in total. The van der Waals surface area contributed by atoms with Gasteiger partial charge in [-0.05, 0) is 74.5 Å². The molecular weight excluding hydrogens is 662 g/mol. The molecule has 2 amide bonds. The third-order valence-corrected chi connectivity index (χ3v) is 9.72. The van der Waals surface area contributed by atoms with E-state index in [0.717, 1.165) is 44.5 Å². The topological polar surface area (TPSA) is 103 Å². The van der Waals surface area contributed by atoms with Gasteiger partial charge in [-0.3, -0.25) is 14.4 Å². The molecule has 4 rings (SSSR count). The lowest BCUT2D eigenvalue weighted by atomic mass is 9.89. The number of nitrogens with zero attached hydrogens (tertiary/aromatic N) is 4. The minimum absolute atomic E-state index is 0.0269. The largest absolute Gasteiger partial charge is 0.481 e. The lowest BCUT2D eigenvalue weighted by molar-refractivity contribution is -0.148. The van der Waals surface area contributed by atoms with Gasteiger partial charge in [-0.2, -0.15) is 0 Å². The van der Waals surface area contributed by atoms with Crippen molar-refractivity contribution in [2.24, 2.45) is 11.1 Å². The van der Waals surface area contributed by atoms with Gasteiger partial charge < -0.3 is 24.6 Å². The summed E-state index contributed by atoms with van der Waals surface area (Å²) in [5.41, 5.74) is 1.89. The number of halogens is 4.